The van der Waals surface area contributed by atoms with Crippen LogP contribution in [-0.4, -0.2) is 34.8 Å². The number of ether oxygens (including phenoxy) is 2. The molecule has 0 saturated carbocycles. The lowest BCUT2D eigenvalue weighted by Gasteiger charge is -2.37. The maximum Gasteiger partial charge on any atom is 0.345 e. The van der Waals surface area contributed by atoms with E-state index in [1.54, 1.807) is 0 Å². The minimum absolute atomic E-state index is 0.0714. The average molecular weight is 415 g/mol. The molecule has 7 heteroatoms. The minimum atomic E-state index is -1.31. The van der Waals surface area contributed by atoms with Crippen LogP contribution in [0.15, 0.2) is 10.9 Å². The van der Waals surface area contributed by atoms with Gasteiger partial charge in [-0.1, -0.05) is 34.1 Å². The quantitative estimate of drug-likeness (QED) is 0.683. The first-order chi connectivity index (χ1) is 14.1. The number of methoxy groups -OCH3 is 1. The van der Waals surface area contributed by atoms with Gasteiger partial charge in [-0.15, -0.1) is 0 Å². The smallest absolute Gasteiger partial charge is 0.345 e. The van der Waals surface area contributed by atoms with Gasteiger partial charge in [-0.3, -0.25) is 4.79 Å². The Morgan fingerprint density at radius 3 is 2.63 bits per heavy atom. The van der Waals surface area contributed by atoms with E-state index in [1.165, 1.54) is 7.11 Å². The molecule has 0 aliphatic heterocycles. The fourth-order valence-corrected chi connectivity index (χ4v) is 4.05. The summed E-state index contributed by atoms with van der Waals surface area (Å²) in [6.45, 7) is 10.9. The fraction of sp³-hybridized carbons (Fsp3) is 0.522. The number of pyridine rings is 2. The topological polar surface area (TPSA) is 102 Å². The predicted molar refractivity (Wildman–Crippen MR) is 115 cm³/mol. The van der Waals surface area contributed by atoms with Crippen LogP contribution in [0.1, 0.15) is 73.6 Å². The average Bonchev–Trinajstić information content (AvgIpc) is 2.66. The van der Waals surface area contributed by atoms with Gasteiger partial charge in [0.15, 0.2) is 5.56 Å². The van der Waals surface area contributed by atoms with Gasteiger partial charge in [-0.25, -0.2) is 9.78 Å². The summed E-state index contributed by atoms with van der Waals surface area (Å²) in [5.41, 5.74) is 2.31. The normalized spacial score (nSPS) is 15.3. The molecule has 7 nitrogen and oxygen atoms in total. The van der Waals surface area contributed by atoms with Crippen LogP contribution in [-0.2, 0) is 6.42 Å². The molecule has 3 rings (SSSR count). The van der Waals surface area contributed by atoms with Crippen molar-refractivity contribution >= 4 is 5.97 Å². The standard InChI is InChI=1S/C23H30N2O5/c1-7-8-9-30-15-11-13-10-14(23(3,4)5)16-19(18(13)24-12(15)2)25-21(26)17(22(27)28)20(16)29-6/h11,14H,7-10H2,1-6H3,(H,25,26)(H,27,28). The monoisotopic (exact) mass is 414 g/mol. The first kappa shape index (κ1) is 21.9. The zero-order valence-electron chi connectivity index (χ0n) is 18.5. The third-order valence-corrected chi connectivity index (χ3v) is 5.68. The molecule has 0 aromatic carbocycles. The molecule has 0 amide bonds. The van der Waals surface area contributed by atoms with Crippen LogP contribution < -0.4 is 15.0 Å². The predicted octanol–water partition coefficient (Wildman–Crippen LogP) is 4.32. The Morgan fingerprint density at radius 1 is 1.37 bits per heavy atom. The largest absolute Gasteiger partial charge is 0.495 e. The number of hydrogen-bond acceptors (Lipinski definition) is 5. The van der Waals surface area contributed by atoms with E-state index in [1.807, 2.05) is 13.0 Å². The third-order valence-electron chi connectivity index (χ3n) is 5.68. The van der Waals surface area contributed by atoms with Crippen LogP contribution >= 0.6 is 0 Å². The Kier molecular flexibility index (Phi) is 5.92. The highest BCUT2D eigenvalue weighted by molar-refractivity contribution is 5.92. The molecular weight excluding hydrogens is 384 g/mol. The molecule has 2 heterocycles. The van der Waals surface area contributed by atoms with Gasteiger partial charge in [0, 0.05) is 5.56 Å². The molecule has 0 radical (unpaired) electrons. The Hall–Kier alpha value is -2.83. The number of rotatable bonds is 6. The number of carbonyl (C=O) groups is 1. The summed E-state index contributed by atoms with van der Waals surface area (Å²) in [5.74, 6) is -0.514. The van der Waals surface area contributed by atoms with E-state index in [9.17, 15) is 14.7 Å². The second kappa shape index (κ2) is 8.13. The van der Waals surface area contributed by atoms with Gasteiger partial charge in [-0.05, 0) is 42.7 Å². The van der Waals surface area contributed by atoms with E-state index in [0.29, 0.717) is 30.0 Å². The van der Waals surface area contributed by atoms with Crippen LogP contribution in [0.2, 0.25) is 0 Å². The molecule has 1 atom stereocenters. The van der Waals surface area contributed by atoms with E-state index >= 15 is 0 Å². The molecule has 162 valence electrons. The van der Waals surface area contributed by atoms with Crippen LogP contribution in [0.5, 0.6) is 11.5 Å². The van der Waals surface area contributed by atoms with E-state index in [2.05, 4.69) is 32.7 Å². The van der Waals surface area contributed by atoms with Crippen molar-refractivity contribution in [1.29, 1.82) is 0 Å². The van der Waals surface area contributed by atoms with Crippen molar-refractivity contribution in [1.82, 2.24) is 9.97 Å². The number of hydrogen-bond donors (Lipinski definition) is 2. The summed E-state index contributed by atoms with van der Waals surface area (Å²) in [6.07, 6.45) is 2.65. The highest BCUT2D eigenvalue weighted by Gasteiger charge is 2.39. The molecule has 1 aliphatic carbocycles. The van der Waals surface area contributed by atoms with E-state index < -0.39 is 11.5 Å². The summed E-state index contributed by atoms with van der Waals surface area (Å²) in [7, 11) is 1.40. The van der Waals surface area contributed by atoms with Crippen molar-refractivity contribution in [2.24, 2.45) is 5.41 Å². The zero-order chi connectivity index (χ0) is 22.2. The Bertz CT molecular complexity index is 1030. The van der Waals surface area contributed by atoms with Gasteiger partial charge in [0.1, 0.15) is 11.5 Å². The molecule has 1 unspecified atom stereocenters. The number of carboxylic acids is 1. The number of aromatic amines is 1. The molecule has 0 saturated heterocycles. The summed E-state index contributed by atoms with van der Waals surface area (Å²) >= 11 is 0. The van der Waals surface area contributed by atoms with Crippen molar-refractivity contribution in [3.8, 4) is 22.9 Å². The Balaban J connectivity index is 2.28. The molecule has 2 aromatic rings. The Morgan fingerprint density at radius 2 is 2.07 bits per heavy atom. The van der Waals surface area contributed by atoms with Gasteiger partial charge in [-0.2, -0.15) is 0 Å². The molecular formula is C23H30N2O5. The van der Waals surface area contributed by atoms with E-state index in [0.717, 1.165) is 29.8 Å². The number of nitrogens with zero attached hydrogens (tertiary/aromatic N) is 1. The maximum absolute atomic E-state index is 12.6. The van der Waals surface area contributed by atoms with Gasteiger partial charge in [0.05, 0.1) is 30.8 Å². The SMILES string of the molecule is CCCCOc1cc2c(nc1C)-c1[nH]c(=O)c(C(=O)O)c(OC)c1C(C(C)(C)C)C2. The summed E-state index contributed by atoms with van der Waals surface area (Å²) in [4.78, 5) is 32.0. The molecule has 0 fully saturated rings. The number of carboxylic acid groups (broad SMARTS) is 1. The van der Waals surface area contributed by atoms with Crippen molar-refractivity contribution in [2.75, 3.05) is 13.7 Å². The maximum atomic E-state index is 12.6. The summed E-state index contributed by atoms with van der Waals surface area (Å²) in [6, 6.07) is 2.00. The van der Waals surface area contributed by atoms with Crippen molar-refractivity contribution in [3.05, 3.63) is 38.8 Å². The number of aryl methyl sites for hydroxylation is 1. The molecule has 2 N–H and O–H groups in total. The van der Waals surface area contributed by atoms with Crippen LogP contribution in [0.4, 0.5) is 0 Å². The lowest BCUT2D eigenvalue weighted by Crippen LogP contribution is -2.30. The van der Waals surface area contributed by atoms with Crippen molar-refractivity contribution in [2.45, 2.75) is 59.8 Å². The Labute approximate surface area is 176 Å². The highest BCUT2D eigenvalue weighted by atomic mass is 16.5. The summed E-state index contributed by atoms with van der Waals surface area (Å²) < 4.78 is 11.4. The lowest BCUT2D eigenvalue weighted by atomic mass is 9.69. The number of aromatic carboxylic acids is 1. The summed E-state index contributed by atoms with van der Waals surface area (Å²) in [5, 5.41) is 9.61. The second-order valence-corrected chi connectivity index (χ2v) is 8.86. The molecule has 0 spiro atoms. The van der Waals surface area contributed by atoms with Crippen molar-refractivity contribution < 1.29 is 19.4 Å². The fourth-order valence-electron chi connectivity index (χ4n) is 4.05. The first-order valence-electron chi connectivity index (χ1n) is 10.3. The molecule has 2 aromatic heterocycles. The first-order valence-corrected chi connectivity index (χ1v) is 10.3. The van der Waals surface area contributed by atoms with Crippen LogP contribution in [0.3, 0.4) is 0 Å². The molecule has 1 aliphatic rings. The molecule has 30 heavy (non-hydrogen) atoms. The van der Waals surface area contributed by atoms with Crippen LogP contribution in [0.25, 0.3) is 11.4 Å². The van der Waals surface area contributed by atoms with Gasteiger partial charge in [0.2, 0.25) is 0 Å². The third kappa shape index (κ3) is 3.80. The highest BCUT2D eigenvalue weighted by Crippen LogP contribution is 2.50. The number of unbranched alkanes of at least 4 members (excludes halogenated alkanes) is 1. The number of H-pyrrole nitrogens is 1. The molecule has 0 bridgehead atoms. The van der Waals surface area contributed by atoms with Gasteiger partial charge in [0.25, 0.3) is 5.56 Å². The number of fused-ring (bicyclic) bond motifs is 3. The lowest BCUT2D eigenvalue weighted by molar-refractivity contribution is 0.0690. The van der Waals surface area contributed by atoms with Crippen molar-refractivity contribution in [3.63, 3.8) is 0 Å². The van der Waals surface area contributed by atoms with Gasteiger partial charge >= 0.3 is 5.97 Å². The second-order valence-electron chi connectivity index (χ2n) is 8.86. The number of aromatic nitrogens is 2. The number of nitrogens with one attached hydrogen (secondary N) is 1. The van der Waals surface area contributed by atoms with Crippen LogP contribution in [0, 0.1) is 12.3 Å². The zero-order valence-corrected chi connectivity index (χ0v) is 18.5. The van der Waals surface area contributed by atoms with E-state index in [-0.39, 0.29) is 22.6 Å². The van der Waals surface area contributed by atoms with Gasteiger partial charge < -0.3 is 19.6 Å². The minimum Gasteiger partial charge on any atom is -0.495 e. The van der Waals surface area contributed by atoms with E-state index in [4.69, 9.17) is 14.5 Å².